The minimum absolute atomic E-state index is 0.0155. The van der Waals surface area contributed by atoms with Crippen molar-refractivity contribution in [3.63, 3.8) is 0 Å². The Kier molecular flexibility index (Phi) is 7.05. The van der Waals surface area contributed by atoms with Crippen molar-refractivity contribution >= 4 is 22.9 Å². The number of hydrogen-bond acceptors (Lipinski definition) is 4. The molecule has 0 aliphatic heterocycles. The quantitative estimate of drug-likeness (QED) is 0.721. The van der Waals surface area contributed by atoms with Crippen molar-refractivity contribution < 1.29 is 4.79 Å². The second-order valence-corrected chi connectivity index (χ2v) is 6.04. The molecule has 0 aliphatic rings. The van der Waals surface area contributed by atoms with E-state index in [1.165, 1.54) is 11.8 Å². The second-order valence-electron chi connectivity index (χ2n) is 5.04. The molecule has 4 nitrogen and oxygen atoms in total. The lowest BCUT2D eigenvalue weighted by molar-refractivity contribution is -0.114. The van der Waals surface area contributed by atoms with Gasteiger partial charge in [0.05, 0.1) is 5.69 Å². The van der Waals surface area contributed by atoms with Crippen molar-refractivity contribution in [2.24, 2.45) is 0 Å². The Morgan fingerprint density at radius 2 is 2.21 bits per heavy atom. The summed E-state index contributed by atoms with van der Waals surface area (Å²) in [6.45, 7) is 8.87. The maximum Gasteiger partial charge on any atom is 0.221 e. The van der Waals surface area contributed by atoms with E-state index in [-0.39, 0.29) is 5.91 Å². The molecule has 0 radical (unpaired) electrons. The summed E-state index contributed by atoms with van der Waals surface area (Å²) in [6, 6.07) is 2.55. The van der Waals surface area contributed by atoms with E-state index in [1.807, 2.05) is 11.4 Å². The van der Waals surface area contributed by atoms with Gasteiger partial charge in [-0.25, -0.2) is 0 Å². The first kappa shape index (κ1) is 16.1. The highest BCUT2D eigenvalue weighted by Gasteiger charge is 2.05. The van der Waals surface area contributed by atoms with Crippen LogP contribution in [0.1, 0.15) is 32.1 Å². The van der Waals surface area contributed by atoms with Crippen molar-refractivity contribution in [1.82, 2.24) is 10.2 Å². The van der Waals surface area contributed by atoms with Crippen LogP contribution in [0.5, 0.6) is 0 Å². The van der Waals surface area contributed by atoms with Gasteiger partial charge in [0.15, 0.2) is 0 Å². The molecule has 1 aromatic heterocycles. The summed E-state index contributed by atoms with van der Waals surface area (Å²) < 4.78 is 0. The highest BCUT2D eigenvalue weighted by molar-refractivity contribution is 7.10. The summed E-state index contributed by atoms with van der Waals surface area (Å²) in [6.07, 6.45) is 1.13. The molecule has 0 saturated heterocycles. The van der Waals surface area contributed by atoms with Crippen LogP contribution in [0.15, 0.2) is 11.4 Å². The Hall–Kier alpha value is -0.910. The van der Waals surface area contributed by atoms with Gasteiger partial charge in [0.2, 0.25) is 5.91 Å². The summed E-state index contributed by atoms with van der Waals surface area (Å²) >= 11 is 1.67. The summed E-state index contributed by atoms with van der Waals surface area (Å²) in [5.41, 5.74) is 0.935. The van der Waals surface area contributed by atoms with Gasteiger partial charge in [-0.1, -0.05) is 0 Å². The van der Waals surface area contributed by atoms with Gasteiger partial charge in [0.1, 0.15) is 0 Å². The summed E-state index contributed by atoms with van der Waals surface area (Å²) in [5.74, 6) is -0.0155. The van der Waals surface area contributed by atoms with Crippen LogP contribution in [0.4, 0.5) is 5.69 Å². The first-order valence-corrected chi connectivity index (χ1v) is 7.63. The molecule has 0 unspecified atom stereocenters. The minimum Gasteiger partial charge on any atom is -0.325 e. The topological polar surface area (TPSA) is 44.4 Å². The Morgan fingerprint density at radius 3 is 2.84 bits per heavy atom. The van der Waals surface area contributed by atoms with E-state index in [4.69, 9.17) is 0 Å². The van der Waals surface area contributed by atoms with E-state index < -0.39 is 0 Å². The molecule has 1 amide bonds. The number of rotatable bonds is 8. The van der Waals surface area contributed by atoms with Crippen LogP contribution >= 0.6 is 11.3 Å². The van der Waals surface area contributed by atoms with Gasteiger partial charge < -0.3 is 15.5 Å². The maximum absolute atomic E-state index is 11.0. The van der Waals surface area contributed by atoms with Crippen LogP contribution in [0.2, 0.25) is 0 Å². The highest BCUT2D eigenvalue weighted by Crippen LogP contribution is 2.21. The van der Waals surface area contributed by atoms with Crippen LogP contribution < -0.4 is 10.6 Å². The minimum atomic E-state index is -0.0155. The molecule has 1 aromatic rings. The fraction of sp³-hybridized carbons (Fsp3) is 0.643. The molecule has 0 aliphatic carbocycles. The van der Waals surface area contributed by atoms with Gasteiger partial charge in [-0.15, -0.1) is 11.3 Å². The predicted octanol–water partition coefficient (Wildman–Crippen LogP) is 2.53. The Balaban J connectivity index is 2.22. The molecule has 0 bridgehead atoms. The monoisotopic (exact) mass is 283 g/mol. The first-order valence-electron chi connectivity index (χ1n) is 6.75. The van der Waals surface area contributed by atoms with Gasteiger partial charge >= 0.3 is 0 Å². The lowest BCUT2D eigenvalue weighted by atomic mass is 10.3. The number of thiophene rings is 1. The number of hydrogen-bond donors (Lipinski definition) is 2. The fourth-order valence-electron chi connectivity index (χ4n) is 1.69. The standard InChI is InChI=1S/C14H25N3OS/c1-11(2)17(4)8-5-7-15-10-14-13(6-9-19-14)16-12(3)18/h6,9,11,15H,5,7-8,10H2,1-4H3,(H,16,18). The lowest BCUT2D eigenvalue weighted by Crippen LogP contribution is -2.29. The zero-order valence-electron chi connectivity index (χ0n) is 12.3. The van der Waals surface area contributed by atoms with E-state index in [1.54, 1.807) is 11.3 Å². The maximum atomic E-state index is 11.0. The van der Waals surface area contributed by atoms with Crippen LogP contribution in [0.3, 0.4) is 0 Å². The molecule has 2 N–H and O–H groups in total. The second kappa shape index (κ2) is 8.30. The fourth-order valence-corrected chi connectivity index (χ4v) is 2.49. The molecular formula is C14H25N3OS. The van der Waals surface area contributed by atoms with Gasteiger partial charge in [0.25, 0.3) is 0 Å². The molecule has 0 fully saturated rings. The van der Waals surface area contributed by atoms with Crippen molar-refractivity contribution in [3.05, 3.63) is 16.3 Å². The third-order valence-electron chi connectivity index (χ3n) is 3.09. The highest BCUT2D eigenvalue weighted by atomic mass is 32.1. The van der Waals surface area contributed by atoms with Crippen LogP contribution in [-0.2, 0) is 11.3 Å². The predicted molar refractivity (Wildman–Crippen MR) is 82.7 cm³/mol. The molecule has 108 valence electrons. The average molecular weight is 283 g/mol. The molecule has 0 saturated carbocycles. The molecule has 19 heavy (non-hydrogen) atoms. The number of carbonyl (C=O) groups is 1. The summed E-state index contributed by atoms with van der Waals surface area (Å²) in [4.78, 5) is 14.6. The lowest BCUT2D eigenvalue weighted by Gasteiger charge is -2.20. The van der Waals surface area contributed by atoms with Crippen molar-refractivity contribution in [1.29, 1.82) is 0 Å². The molecule has 0 spiro atoms. The molecule has 5 heteroatoms. The molecular weight excluding hydrogens is 258 g/mol. The molecule has 1 rings (SSSR count). The zero-order chi connectivity index (χ0) is 14.3. The summed E-state index contributed by atoms with van der Waals surface area (Å²) in [7, 11) is 2.15. The van der Waals surface area contributed by atoms with E-state index in [9.17, 15) is 4.79 Å². The van der Waals surface area contributed by atoms with Crippen LogP contribution in [0, 0.1) is 0 Å². The van der Waals surface area contributed by atoms with Crippen molar-refractivity contribution in [3.8, 4) is 0 Å². The molecule has 1 heterocycles. The van der Waals surface area contributed by atoms with E-state index in [2.05, 4.69) is 36.4 Å². The van der Waals surface area contributed by atoms with Crippen LogP contribution in [0.25, 0.3) is 0 Å². The largest absolute Gasteiger partial charge is 0.325 e. The molecule has 0 aromatic carbocycles. The average Bonchev–Trinajstić information content (AvgIpc) is 2.75. The zero-order valence-corrected chi connectivity index (χ0v) is 13.1. The number of nitrogens with zero attached hydrogens (tertiary/aromatic N) is 1. The third-order valence-corrected chi connectivity index (χ3v) is 4.01. The number of nitrogens with one attached hydrogen (secondary N) is 2. The van der Waals surface area contributed by atoms with Gasteiger partial charge in [-0.05, 0) is 51.9 Å². The Labute approximate surface area is 120 Å². The summed E-state index contributed by atoms with van der Waals surface area (Å²) in [5, 5.41) is 8.29. The number of anilines is 1. The molecule has 0 atom stereocenters. The Bertz CT molecular complexity index is 390. The Morgan fingerprint density at radius 1 is 1.47 bits per heavy atom. The van der Waals surface area contributed by atoms with Crippen molar-refractivity contribution in [2.75, 3.05) is 25.5 Å². The van der Waals surface area contributed by atoms with Crippen molar-refractivity contribution in [2.45, 2.75) is 39.8 Å². The van der Waals surface area contributed by atoms with E-state index >= 15 is 0 Å². The van der Waals surface area contributed by atoms with E-state index in [0.717, 1.165) is 31.7 Å². The van der Waals surface area contributed by atoms with E-state index in [0.29, 0.717) is 6.04 Å². The third kappa shape index (κ3) is 6.18. The SMILES string of the molecule is CC(=O)Nc1ccsc1CNCCCN(C)C(C)C. The van der Waals surface area contributed by atoms with Gasteiger partial charge in [0, 0.05) is 24.4 Å². The number of carbonyl (C=O) groups excluding carboxylic acids is 1. The van der Waals surface area contributed by atoms with Gasteiger partial charge in [-0.3, -0.25) is 4.79 Å². The number of amides is 1. The smallest absolute Gasteiger partial charge is 0.221 e. The normalized spacial score (nSPS) is 11.3. The van der Waals surface area contributed by atoms with Crippen LogP contribution in [-0.4, -0.2) is 37.0 Å². The first-order chi connectivity index (χ1) is 9.00. The van der Waals surface area contributed by atoms with Gasteiger partial charge in [-0.2, -0.15) is 0 Å².